The van der Waals surface area contributed by atoms with Gasteiger partial charge in [-0.15, -0.1) is 11.3 Å². The quantitative estimate of drug-likeness (QED) is 0.672. The number of sulfone groups is 2. The van der Waals surface area contributed by atoms with Gasteiger partial charge in [-0.2, -0.15) is 0 Å². The van der Waals surface area contributed by atoms with E-state index < -0.39 is 25.5 Å². The zero-order valence-electron chi connectivity index (χ0n) is 14.4. The van der Waals surface area contributed by atoms with Crippen LogP contribution in [0.25, 0.3) is 11.1 Å². The highest BCUT2D eigenvalue weighted by Gasteiger charge is 2.23. The van der Waals surface area contributed by atoms with Crippen molar-refractivity contribution in [3.05, 3.63) is 60.4 Å². The molecule has 3 aromatic rings. The molecule has 3 rings (SSSR count). The van der Waals surface area contributed by atoms with Crippen molar-refractivity contribution >= 4 is 36.0 Å². The molecule has 1 aromatic heterocycles. The zero-order chi connectivity index (χ0) is 19.8. The van der Waals surface area contributed by atoms with E-state index in [1.165, 1.54) is 42.5 Å². The minimum atomic E-state index is -3.91. The number of thiophene rings is 1. The first-order valence-corrected chi connectivity index (χ1v) is 11.9. The molecular formula is C18H16FNO4S3. The van der Waals surface area contributed by atoms with Crippen LogP contribution in [0.4, 0.5) is 9.39 Å². The Morgan fingerprint density at radius 1 is 0.852 bits per heavy atom. The van der Waals surface area contributed by atoms with Crippen molar-refractivity contribution in [2.24, 2.45) is 0 Å². The second-order valence-corrected chi connectivity index (χ2v) is 11.1. The van der Waals surface area contributed by atoms with Crippen molar-refractivity contribution in [2.75, 3.05) is 18.6 Å². The predicted octanol–water partition coefficient (Wildman–Crippen LogP) is 3.83. The molecule has 27 heavy (non-hydrogen) atoms. The Kier molecular flexibility index (Phi) is 5.11. The summed E-state index contributed by atoms with van der Waals surface area (Å²) in [6.45, 7) is 0. The Morgan fingerprint density at radius 2 is 1.48 bits per heavy atom. The van der Waals surface area contributed by atoms with Crippen LogP contribution in [-0.2, 0) is 19.7 Å². The standard InChI is InChI=1S/C18H16FNO4S3/c1-20-17-7-8-18(25-17)27(23,24)16-10-13(9-15(11-16)26(2,21)22)12-3-5-14(19)6-4-12/h3-11,20H,1-2H3. The van der Waals surface area contributed by atoms with Crippen LogP contribution >= 0.6 is 11.3 Å². The van der Waals surface area contributed by atoms with E-state index in [4.69, 9.17) is 0 Å². The zero-order valence-corrected chi connectivity index (χ0v) is 16.9. The number of hydrogen-bond acceptors (Lipinski definition) is 6. The van der Waals surface area contributed by atoms with Gasteiger partial charge in [0.15, 0.2) is 9.84 Å². The number of halogens is 1. The Hall–Kier alpha value is -2.23. The van der Waals surface area contributed by atoms with Crippen LogP contribution in [0.3, 0.4) is 0 Å². The molecule has 9 heteroatoms. The molecule has 5 nitrogen and oxygen atoms in total. The van der Waals surface area contributed by atoms with Crippen molar-refractivity contribution < 1.29 is 21.2 Å². The molecule has 0 unspecified atom stereocenters. The van der Waals surface area contributed by atoms with Crippen LogP contribution in [0.1, 0.15) is 0 Å². The van der Waals surface area contributed by atoms with E-state index in [9.17, 15) is 21.2 Å². The van der Waals surface area contributed by atoms with Gasteiger partial charge >= 0.3 is 0 Å². The maximum absolute atomic E-state index is 13.2. The van der Waals surface area contributed by atoms with Gasteiger partial charge in [-0.25, -0.2) is 21.2 Å². The lowest BCUT2D eigenvalue weighted by Gasteiger charge is -2.10. The number of nitrogens with one attached hydrogen (secondary N) is 1. The molecule has 0 saturated heterocycles. The van der Waals surface area contributed by atoms with Crippen molar-refractivity contribution in [1.29, 1.82) is 0 Å². The van der Waals surface area contributed by atoms with Crippen molar-refractivity contribution in [2.45, 2.75) is 14.0 Å². The van der Waals surface area contributed by atoms with Gasteiger partial charge in [0, 0.05) is 13.3 Å². The molecule has 0 aliphatic heterocycles. The second-order valence-electron chi connectivity index (χ2n) is 5.84. The number of rotatable bonds is 5. The normalized spacial score (nSPS) is 12.1. The average Bonchev–Trinajstić information content (AvgIpc) is 3.11. The summed E-state index contributed by atoms with van der Waals surface area (Å²) in [5, 5.41) is 3.54. The third-order valence-electron chi connectivity index (χ3n) is 3.89. The first kappa shape index (κ1) is 19.5. The third-order valence-corrected chi connectivity index (χ3v) is 8.31. The molecule has 0 atom stereocenters. The number of hydrogen-bond donors (Lipinski definition) is 1. The minimum absolute atomic E-state index is 0.0996. The molecule has 0 bridgehead atoms. The SMILES string of the molecule is CNc1ccc(S(=O)(=O)c2cc(-c3ccc(F)cc3)cc(S(C)(=O)=O)c2)s1. The van der Waals surface area contributed by atoms with Gasteiger partial charge < -0.3 is 5.32 Å². The Balaban J connectivity index is 2.23. The molecule has 0 aliphatic carbocycles. The number of benzene rings is 2. The Morgan fingerprint density at radius 3 is 2.04 bits per heavy atom. The average molecular weight is 426 g/mol. The Labute approximate surface area is 161 Å². The van der Waals surface area contributed by atoms with E-state index in [0.29, 0.717) is 16.1 Å². The first-order valence-electron chi connectivity index (χ1n) is 7.75. The minimum Gasteiger partial charge on any atom is -0.380 e. The van der Waals surface area contributed by atoms with E-state index in [1.807, 2.05) is 0 Å². The van der Waals surface area contributed by atoms with Crippen LogP contribution in [0.2, 0.25) is 0 Å². The van der Waals surface area contributed by atoms with E-state index in [0.717, 1.165) is 23.7 Å². The fourth-order valence-corrected chi connectivity index (χ4v) is 5.85. The fourth-order valence-electron chi connectivity index (χ4n) is 2.47. The van der Waals surface area contributed by atoms with E-state index in [1.54, 1.807) is 13.1 Å². The summed E-state index contributed by atoms with van der Waals surface area (Å²) in [6.07, 6.45) is 1.01. The second kappa shape index (κ2) is 7.06. The first-order chi connectivity index (χ1) is 12.6. The lowest BCUT2D eigenvalue weighted by atomic mass is 10.1. The van der Waals surface area contributed by atoms with Gasteiger partial charge in [-0.3, -0.25) is 0 Å². The third kappa shape index (κ3) is 4.05. The van der Waals surface area contributed by atoms with Gasteiger partial charge in [0.25, 0.3) is 0 Å². The summed E-state index contributed by atoms with van der Waals surface area (Å²) in [6, 6.07) is 12.4. The monoisotopic (exact) mass is 425 g/mol. The molecule has 1 heterocycles. The molecule has 0 spiro atoms. The Bertz CT molecular complexity index is 1200. The highest BCUT2D eigenvalue weighted by Crippen LogP contribution is 2.34. The van der Waals surface area contributed by atoms with Gasteiger partial charge in [-0.05, 0) is 53.6 Å². The van der Waals surface area contributed by atoms with Gasteiger partial charge in [0.2, 0.25) is 9.84 Å². The topological polar surface area (TPSA) is 80.3 Å². The van der Waals surface area contributed by atoms with Crippen molar-refractivity contribution in [1.82, 2.24) is 0 Å². The highest BCUT2D eigenvalue weighted by atomic mass is 32.2. The van der Waals surface area contributed by atoms with Crippen LogP contribution in [-0.4, -0.2) is 30.1 Å². The van der Waals surface area contributed by atoms with Crippen LogP contribution < -0.4 is 5.32 Å². The summed E-state index contributed by atoms with van der Waals surface area (Å²) in [7, 11) is -5.88. The van der Waals surface area contributed by atoms with Crippen LogP contribution in [0, 0.1) is 5.82 Å². The molecule has 1 N–H and O–H groups in total. The maximum atomic E-state index is 13.2. The maximum Gasteiger partial charge on any atom is 0.216 e. The van der Waals surface area contributed by atoms with Crippen molar-refractivity contribution in [3.8, 4) is 11.1 Å². The molecule has 0 saturated carbocycles. The van der Waals surface area contributed by atoms with E-state index >= 15 is 0 Å². The molecule has 0 aliphatic rings. The molecule has 0 amide bonds. The molecule has 142 valence electrons. The van der Waals surface area contributed by atoms with Gasteiger partial charge in [-0.1, -0.05) is 12.1 Å². The van der Waals surface area contributed by atoms with Gasteiger partial charge in [0.05, 0.1) is 14.8 Å². The lowest BCUT2D eigenvalue weighted by molar-refractivity contribution is 0.597. The van der Waals surface area contributed by atoms with E-state index in [2.05, 4.69) is 5.32 Å². The van der Waals surface area contributed by atoms with Crippen LogP contribution in [0.5, 0.6) is 0 Å². The van der Waals surface area contributed by atoms with Gasteiger partial charge in [0.1, 0.15) is 10.0 Å². The largest absolute Gasteiger partial charge is 0.380 e. The summed E-state index contributed by atoms with van der Waals surface area (Å²) in [4.78, 5) is -0.248. The van der Waals surface area contributed by atoms with E-state index in [-0.39, 0.29) is 14.0 Å². The van der Waals surface area contributed by atoms with Crippen LogP contribution in [0.15, 0.2) is 68.6 Å². The highest BCUT2D eigenvalue weighted by molar-refractivity contribution is 7.93. The predicted molar refractivity (Wildman–Crippen MR) is 104 cm³/mol. The van der Waals surface area contributed by atoms with Crippen molar-refractivity contribution in [3.63, 3.8) is 0 Å². The molecule has 2 aromatic carbocycles. The summed E-state index contributed by atoms with van der Waals surface area (Å²) >= 11 is 1.05. The smallest absolute Gasteiger partial charge is 0.216 e. The fraction of sp³-hybridized carbons (Fsp3) is 0.111. The summed E-state index contributed by atoms with van der Waals surface area (Å²) in [5.74, 6) is -0.441. The molecular weight excluding hydrogens is 409 g/mol. The lowest BCUT2D eigenvalue weighted by Crippen LogP contribution is -2.04. The summed E-state index contributed by atoms with van der Waals surface area (Å²) in [5.41, 5.74) is 0.891. The molecule has 0 fully saturated rings. The molecule has 0 radical (unpaired) electrons. The summed E-state index contributed by atoms with van der Waals surface area (Å²) < 4.78 is 63.5. The number of anilines is 1.